The number of carbonyl (C=O) groups is 1. The molecule has 0 bridgehead atoms. The van der Waals surface area contributed by atoms with E-state index in [9.17, 15) is 4.79 Å². The van der Waals surface area contributed by atoms with Crippen LogP contribution in [0.2, 0.25) is 0 Å². The van der Waals surface area contributed by atoms with E-state index >= 15 is 0 Å². The number of nitrogens with zero attached hydrogens (tertiary/aromatic N) is 2. The van der Waals surface area contributed by atoms with Gasteiger partial charge in [-0.3, -0.25) is 9.78 Å². The Balaban J connectivity index is 2.12. The summed E-state index contributed by atoms with van der Waals surface area (Å²) in [5, 5.41) is 0. The van der Waals surface area contributed by atoms with Gasteiger partial charge in [-0.1, -0.05) is 6.92 Å². The first-order valence-electron chi connectivity index (χ1n) is 6.87. The van der Waals surface area contributed by atoms with Crippen LogP contribution in [0.15, 0.2) is 18.3 Å². The van der Waals surface area contributed by atoms with Gasteiger partial charge in [0, 0.05) is 19.0 Å². The minimum atomic E-state index is 0.111. The summed E-state index contributed by atoms with van der Waals surface area (Å²) in [5.41, 5.74) is 1.71. The standard InChI is InChI=1S/C15H22N2O/c1-4-15(18)14-8-7-13(9-16-14)17(11(2)3)10-12-5-6-12/h7-9,11-12H,4-6,10H2,1-3H3. The number of pyridine rings is 1. The van der Waals surface area contributed by atoms with E-state index in [0.29, 0.717) is 18.2 Å². The molecule has 2 rings (SSSR count). The Kier molecular flexibility index (Phi) is 4.00. The fourth-order valence-corrected chi connectivity index (χ4v) is 2.09. The predicted octanol–water partition coefficient (Wildman–Crippen LogP) is 3.30. The summed E-state index contributed by atoms with van der Waals surface area (Å²) in [6, 6.07) is 4.35. The molecule has 0 radical (unpaired) electrons. The van der Waals surface area contributed by atoms with Crippen molar-refractivity contribution in [1.82, 2.24) is 4.98 Å². The van der Waals surface area contributed by atoms with Crippen LogP contribution in [0, 0.1) is 5.92 Å². The van der Waals surface area contributed by atoms with Gasteiger partial charge in [-0.25, -0.2) is 0 Å². The molecule has 0 spiro atoms. The maximum atomic E-state index is 11.5. The summed E-state index contributed by atoms with van der Waals surface area (Å²) >= 11 is 0. The number of aromatic nitrogens is 1. The highest BCUT2D eigenvalue weighted by atomic mass is 16.1. The van der Waals surface area contributed by atoms with Crippen LogP contribution in [0.4, 0.5) is 5.69 Å². The Bertz CT molecular complexity index is 407. The van der Waals surface area contributed by atoms with Gasteiger partial charge in [0.15, 0.2) is 5.78 Å². The Morgan fingerprint density at radius 2 is 2.17 bits per heavy atom. The molecular formula is C15H22N2O. The number of hydrogen-bond acceptors (Lipinski definition) is 3. The lowest BCUT2D eigenvalue weighted by atomic mass is 10.2. The van der Waals surface area contributed by atoms with Crippen molar-refractivity contribution in [1.29, 1.82) is 0 Å². The van der Waals surface area contributed by atoms with Crippen LogP contribution in [-0.4, -0.2) is 23.4 Å². The average molecular weight is 246 g/mol. The molecule has 3 nitrogen and oxygen atoms in total. The quantitative estimate of drug-likeness (QED) is 0.722. The third-order valence-electron chi connectivity index (χ3n) is 3.46. The van der Waals surface area contributed by atoms with E-state index in [1.54, 1.807) is 0 Å². The molecule has 98 valence electrons. The second-order valence-electron chi connectivity index (χ2n) is 5.37. The number of Topliss-reactive ketones (excluding diaryl/α,β-unsaturated/α-hetero) is 1. The Morgan fingerprint density at radius 3 is 2.61 bits per heavy atom. The van der Waals surface area contributed by atoms with Gasteiger partial charge in [-0.05, 0) is 44.7 Å². The zero-order chi connectivity index (χ0) is 13.1. The molecule has 0 N–H and O–H groups in total. The highest BCUT2D eigenvalue weighted by Gasteiger charge is 2.25. The first-order chi connectivity index (χ1) is 8.61. The number of ketones is 1. The van der Waals surface area contributed by atoms with E-state index in [0.717, 1.165) is 18.2 Å². The molecule has 0 atom stereocenters. The summed E-state index contributed by atoms with van der Waals surface area (Å²) < 4.78 is 0. The van der Waals surface area contributed by atoms with E-state index in [4.69, 9.17) is 0 Å². The van der Waals surface area contributed by atoms with Crippen molar-refractivity contribution < 1.29 is 4.79 Å². The first-order valence-corrected chi connectivity index (χ1v) is 6.87. The maximum absolute atomic E-state index is 11.5. The molecule has 1 aliphatic rings. The largest absolute Gasteiger partial charge is 0.368 e. The van der Waals surface area contributed by atoms with Crippen LogP contribution in [0.5, 0.6) is 0 Å². The van der Waals surface area contributed by atoms with Gasteiger partial charge in [0.05, 0.1) is 11.9 Å². The number of hydrogen-bond donors (Lipinski definition) is 0. The molecule has 1 fully saturated rings. The lowest BCUT2D eigenvalue weighted by molar-refractivity contribution is 0.0983. The Hall–Kier alpha value is -1.38. The summed E-state index contributed by atoms with van der Waals surface area (Å²) in [7, 11) is 0. The van der Waals surface area contributed by atoms with Gasteiger partial charge < -0.3 is 4.90 Å². The van der Waals surface area contributed by atoms with Crippen LogP contribution >= 0.6 is 0 Å². The summed E-state index contributed by atoms with van der Waals surface area (Å²) in [4.78, 5) is 18.2. The zero-order valence-electron chi connectivity index (χ0n) is 11.5. The monoisotopic (exact) mass is 246 g/mol. The molecule has 18 heavy (non-hydrogen) atoms. The highest BCUT2D eigenvalue weighted by Crippen LogP contribution is 2.32. The summed E-state index contributed by atoms with van der Waals surface area (Å²) in [6.07, 6.45) is 5.06. The number of anilines is 1. The highest BCUT2D eigenvalue weighted by molar-refractivity contribution is 5.94. The molecule has 0 unspecified atom stereocenters. The smallest absolute Gasteiger partial charge is 0.180 e. The minimum Gasteiger partial charge on any atom is -0.368 e. The molecule has 1 aliphatic carbocycles. The zero-order valence-corrected chi connectivity index (χ0v) is 11.5. The molecule has 1 aromatic rings. The topological polar surface area (TPSA) is 33.2 Å². The van der Waals surface area contributed by atoms with E-state index in [-0.39, 0.29) is 5.78 Å². The molecule has 0 aromatic carbocycles. The van der Waals surface area contributed by atoms with Crippen molar-refractivity contribution in [2.24, 2.45) is 5.92 Å². The Labute approximate surface area is 109 Å². The van der Waals surface area contributed by atoms with Gasteiger partial charge in [0.1, 0.15) is 5.69 Å². The van der Waals surface area contributed by atoms with Crippen LogP contribution in [0.3, 0.4) is 0 Å². The van der Waals surface area contributed by atoms with Gasteiger partial charge >= 0.3 is 0 Å². The molecule has 0 amide bonds. The van der Waals surface area contributed by atoms with Crippen molar-refractivity contribution in [2.75, 3.05) is 11.4 Å². The minimum absolute atomic E-state index is 0.111. The predicted molar refractivity (Wildman–Crippen MR) is 74.1 cm³/mol. The molecule has 0 saturated heterocycles. The summed E-state index contributed by atoms with van der Waals surface area (Å²) in [6.45, 7) is 7.38. The average Bonchev–Trinajstić information content (AvgIpc) is 3.19. The lowest BCUT2D eigenvalue weighted by Gasteiger charge is -2.28. The molecule has 0 aliphatic heterocycles. The second kappa shape index (κ2) is 5.51. The molecule has 1 aromatic heterocycles. The van der Waals surface area contributed by atoms with E-state index in [1.807, 2.05) is 25.3 Å². The van der Waals surface area contributed by atoms with E-state index in [2.05, 4.69) is 23.7 Å². The fraction of sp³-hybridized carbons (Fsp3) is 0.600. The number of rotatable bonds is 6. The van der Waals surface area contributed by atoms with Gasteiger partial charge in [-0.2, -0.15) is 0 Å². The van der Waals surface area contributed by atoms with Crippen molar-refractivity contribution in [2.45, 2.75) is 46.1 Å². The van der Waals surface area contributed by atoms with Crippen LogP contribution in [0.1, 0.15) is 50.5 Å². The third-order valence-corrected chi connectivity index (χ3v) is 3.46. The number of carbonyl (C=O) groups excluding carboxylic acids is 1. The lowest BCUT2D eigenvalue weighted by Crippen LogP contribution is -2.32. The van der Waals surface area contributed by atoms with Crippen molar-refractivity contribution in [3.8, 4) is 0 Å². The molecule has 1 heterocycles. The molecule has 3 heteroatoms. The SMILES string of the molecule is CCC(=O)c1ccc(N(CC2CC2)C(C)C)cn1. The fourth-order valence-electron chi connectivity index (χ4n) is 2.09. The molecular weight excluding hydrogens is 224 g/mol. The van der Waals surface area contributed by atoms with Crippen LogP contribution in [0.25, 0.3) is 0 Å². The normalized spacial score (nSPS) is 14.9. The van der Waals surface area contributed by atoms with Crippen molar-refractivity contribution in [3.05, 3.63) is 24.0 Å². The summed E-state index contributed by atoms with van der Waals surface area (Å²) in [5.74, 6) is 0.962. The first kappa shape index (κ1) is 13.1. The van der Waals surface area contributed by atoms with Crippen molar-refractivity contribution in [3.63, 3.8) is 0 Å². The maximum Gasteiger partial charge on any atom is 0.180 e. The van der Waals surface area contributed by atoms with Gasteiger partial charge in [0.25, 0.3) is 0 Å². The van der Waals surface area contributed by atoms with E-state index < -0.39 is 0 Å². The van der Waals surface area contributed by atoms with Crippen LogP contribution in [-0.2, 0) is 0 Å². The van der Waals surface area contributed by atoms with E-state index in [1.165, 1.54) is 12.8 Å². The van der Waals surface area contributed by atoms with Gasteiger partial charge in [0.2, 0.25) is 0 Å². The Morgan fingerprint density at radius 1 is 1.44 bits per heavy atom. The third kappa shape index (κ3) is 3.09. The second-order valence-corrected chi connectivity index (χ2v) is 5.37. The van der Waals surface area contributed by atoms with Crippen molar-refractivity contribution >= 4 is 11.5 Å². The van der Waals surface area contributed by atoms with Gasteiger partial charge in [-0.15, -0.1) is 0 Å². The van der Waals surface area contributed by atoms with Crippen LogP contribution < -0.4 is 4.90 Å². The molecule has 1 saturated carbocycles.